The maximum Gasteiger partial charge on any atom is 0.262 e. The number of hydrogen-bond acceptors (Lipinski definition) is 4. The summed E-state index contributed by atoms with van der Waals surface area (Å²) in [7, 11) is 0. The van der Waals surface area contributed by atoms with Gasteiger partial charge in [0.05, 0.1) is 21.3 Å². The lowest BCUT2D eigenvalue weighted by Gasteiger charge is -2.20. The third-order valence-corrected chi connectivity index (χ3v) is 5.70. The zero-order chi connectivity index (χ0) is 20.1. The van der Waals surface area contributed by atoms with Gasteiger partial charge in [-0.1, -0.05) is 37.0 Å². The Kier molecular flexibility index (Phi) is 7.91. The average Bonchev–Trinajstić information content (AvgIpc) is 2.89. The van der Waals surface area contributed by atoms with E-state index in [0.717, 1.165) is 4.47 Å². The van der Waals surface area contributed by atoms with E-state index in [-0.39, 0.29) is 16.5 Å². The highest BCUT2D eigenvalue weighted by Gasteiger charge is 2.25. The van der Waals surface area contributed by atoms with Gasteiger partial charge in [0, 0.05) is 11.1 Å². The van der Waals surface area contributed by atoms with E-state index in [4.69, 9.17) is 27.6 Å². The summed E-state index contributed by atoms with van der Waals surface area (Å²) in [6.07, 6.45) is 1.35. The van der Waals surface area contributed by atoms with Crippen molar-refractivity contribution in [1.29, 1.82) is 0 Å². The summed E-state index contributed by atoms with van der Waals surface area (Å²) in [4.78, 5) is 24.9. The van der Waals surface area contributed by atoms with Crippen molar-refractivity contribution in [3.05, 3.63) is 54.8 Å². The molecule has 2 N–H and O–H groups in total. The zero-order valence-electron chi connectivity index (χ0n) is 14.2. The first-order valence-electron chi connectivity index (χ1n) is 7.72. The van der Waals surface area contributed by atoms with Crippen LogP contribution in [0.25, 0.3) is 0 Å². The van der Waals surface area contributed by atoms with E-state index in [0.29, 0.717) is 15.5 Å². The van der Waals surface area contributed by atoms with E-state index in [2.05, 4.69) is 47.7 Å². The fraction of sp³-hybridized carbons (Fsp3) is 0.235. The summed E-state index contributed by atoms with van der Waals surface area (Å²) in [5.74, 6) is -0.688. The molecule has 0 aliphatic rings. The molecular formula is C17H15Br2Cl2N3O3. The molecule has 2 amide bonds. The normalized spacial score (nSPS) is 12.4. The van der Waals surface area contributed by atoms with Gasteiger partial charge in [0.1, 0.15) is 11.8 Å². The number of nitrogens with zero attached hydrogens (tertiary/aromatic N) is 1. The molecule has 0 aliphatic heterocycles. The number of amides is 2. The highest BCUT2D eigenvalue weighted by atomic mass is 79.9. The van der Waals surface area contributed by atoms with Crippen molar-refractivity contribution < 1.29 is 14.0 Å². The third kappa shape index (κ3) is 6.07. The van der Waals surface area contributed by atoms with Crippen LogP contribution in [0.15, 0.2) is 42.9 Å². The number of nitrogens with one attached hydrogen (secondary N) is 2. The Morgan fingerprint density at radius 1 is 1.22 bits per heavy atom. The molecule has 1 atom stereocenters. The molecule has 0 bridgehead atoms. The minimum absolute atomic E-state index is 0.179. The molecule has 0 saturated carbocycles. The number of furan rings is 1. The molecule has 6 nitrogen and oxygen atoms in total. The zero-order valence-corrected chi connectivity index (χ0v) is 18.9. The van der Waals surface area contributed by atoms with Gasteiger partial charge in [-0.05, 0) is 56.0 Å². The predicted octanol–water partition coefficient (Wildman–Crippen LogP) is 5.02. The number of benzene rings is 1. The van der Waals surface area contributed by atoms with Crippen molar-refractivity contribution in [2.24, 2.45) is 11.0 Å². The molecular weight excluding hydrogens is 525 g/mol. The molecule has 27 heavy (non-hydrogen) atoms. The van der Waals surface area contributed by atoms with E-state index in [1.54, 1.807) is 26.0 Å². The Balaban J connectivity index is 2.05. The van der Waals surface area contributed by atoms with Gasteiger partial charge in [0.25, 0.3) is 11.8 Å². The van der Waals surface area contributed by atoms with Crippen LogP contribution in [-0.2, 0) is 4.79 Å². The van der Waals surface area contributed by atoms with Crippen LogP contribution >= 0.6 is 55.1 Å². The van der Waals surface area contributed by atoms with E-state index in [1.807, 2.05) is 0 Å². The molecule has 1 aromatic carbocycles. The molecule has 0 radical (unpaired) electrons. The van der Waals surface area contributed by atoms with E-state index >= 15 is 0 Å². The molecule has 0 aliphatic carbocycles. The van der Waals surface area contributed by atoms with Crippen molar-refractivity contribution in [3.63, 3.8) is 0 Å². The Morgan fingerprint density at radius 2 is 1.93 bits per heavy atom. The summed E-state index contributed by atoms with van der Waals surface area (Å²) in [6, 6.07) is 5.39. The Morgan fingerprint density at radius 3 is 2.48 bits per heavy atom. The number of carbonyl (C=O) groups excluding carboxylic acids is 2. The lowest BCUT2D eigenvalue weighted by molar-refractivity contribution is -0.123. The van der Waals surface area contributed by atoms with E-state index in [1.165, 1.54) is 18.3 Å². The van der Waals surface area contributed by atoms with Crippen LogP contribution < -0.4 is 10.7 Å². The number of hydrogen-bond donors (Lipinski definition) is 2. The first kappa shape index (κ1) is 21.9. The summed E-state index contributed by atoms with van der Waals surface area (Å²) in [5.41, 5.74) is 2.62. The van der Waals surface area contributed by atoms with Crippen LogP contribution in [0.2, 0.25) is 10.0 Å². The van der Waals surface area contributed by atoms with Gasteiger partial charge in [-0.25, -0.2) is 5.43 Å². The van der Waals surface area contributed by atoms with E-state index < -0.39 is 17.9 Å². The third-order valence-electron chi connectivity index (χ3n) is 3.44. The summed E-state index contributed by atoms with van der Waals surface area (Å²) in [5, 5.41) is 7.14. The topological polar surface area (TPSA) is 83.7 Å². The van der Waals surface area contributed by atoms with Gasteiger partial charge in [-0.15, -0.1) is 0 Å². The average molecular weight is 540 g/mol. The highest BCUT2D eigenvalue weighted by Crippen LogP contribution is 2.25. The Bertz CT molecular complexity index is 865. The fourth-order valence-corrected chi connectivity index (χ4v) is 3.19. The lowest BCUT2D eigenvalue weighted by Crippen LogP contribution is -2.48. The maximum absolute atomic E-state index is 12.4. The summed E-state index contributed by atoms with van der Waals surface area (Å²) in [6.45, 7) is 3.61. The second-order valence-corrected chi connectivity index (χ2v) is 8.24. The SMILES string of the molecule is CC(C)C(NC(=O)c1ccc(Cl)cc1Cl)C(=O)N/N=C\c1cc(Br)c(Br)o1. The van der Waals surface area contributed by atoms with Gasteiger partial charge >= 0.3 is 0 Å². The van der Waals surface area contributed by atoms with Gasteiger partial charge in [0.15, 0.2) is 4.67 Å². The van der Waals surface area contributed by atoms with Crippen molar-refractivity contribution in [2.45, 2.75) is 19.9 Å². The van der Waals surface area contributed by atoms with Crippen molar-refractivity contribution in [2.75, 3.05) is 0 Å². The summed E-state index contributed by atoms with van der Waals surface area (Å²) >= 11 is 18.4. The standard InChI is InChI=1S/C17H15Br2Cl2N3O3/c1-8(2)14(23-16(25)11-4-3-9(20)5-13(11)21)17(26)24-22-7-10-6-12(18)15(19)27-10/h3-8,14H,1-2H3,(H,23,25)(H,24,26)/b22-7-. The summed E-state index contributed by atoms with van der Waals surface area (Å²) < 4.78 is 6.56. The fourth-order valence-electron chi connectivity index (χ4n) is 2.08. The smallest absolute Gasteiger partial charge is 0.262 e. The Labute approximate surface area is 182 Å². The number of rotatable bonds is 6. The molecule has 1 aromatic heterocycles. The number of halogens is 4. The Hall–Kier alpha value is -1.35. The highest BCUT2D eigenvalue weighted by molar-refractivity contribution is 9.13. The quantitative estimate of drug-likeness (QED) is 0.399. The molecule has 2 aromatic rings. The molecule has 10 heteroatoms. The van der Waals surface area contributed by atoms with Gasteiger partial charge < -0.3 is 9.73 Å². The monoisotopic (exact) mass is 537 g/mol. The predicted molar refractivity (Wildman–Crippen MR) is 112 cm³/mol. The van der Waals surface area contributed by atoms with Crippen molar-refractivity contribution in [1.82, 2.24) is 10.7 Å². The van der Waals surface area contributed by atoms with Crippen LogP contribution in [0.1, 0.15) is 30.0 Å². The lowest BCUT2D eigenvalue weighted by atomic mass is 10.0. The molecule has 0 spiro atoms. The minimum Gasteiger partial charge on any atom is -0.447 e. The maximum atomic E-state index is 12.4. The molecule has 144 valence electrons. The van der Waals surface area contributed by atoms with Crippen LogP contribution in [0.3, 0.4) is 0 Å². The number of carbonyl (C=O) groups is 2. The molecule has 1 heterocycles. The second kappa shape index (κ2) is 9.73. The van der Waals surface area contributed by atoms with Crippen molar-refractivity contribution >= 4 is 73.1 Å². The van der Waals surface area contributed by atoms with Crippen molar-refractivity contribution in [3.8, 4) is 0 Å². The first-order chi connectivity index (χ1) is 12.7. The molecule has 0 saturated heterocycles. The first-order valence-corrected chi connectivity index (χ1v) is 10.1. The van der Waals surface area contributed by atoms with E-state index in [9.17, 15) is 9.59 Å². The molecule has 1 unspecified atom stereocenters. The van der Waals surface area contributed by atoms with Gasteiger partial charge in [-0.3, -0.25) is 9.59 Å². The van der Waals surface area contributed by atoms with Crippen LogP contribution in [0, 0.1) is 5.92 Å². The van der Waals surface area contributed by atoms with Gasteiger partial charge in [0.2, 0.25) is 0 Å². The molecule has 0 fully saturated rings. The van der Waals surface area contributed by atoms with Crippen LogP contribution in [0.4, 0.5) is 0 Å². The van der Waals surface area contributed by atoms with Crippen LogP contribution in [-0.4, -0.2) is 24.1 Å². The second-order valence-electron chi connectivity index (χ2n) is 5.82. The van der Waals surface area contributed by atoms with Gasteiger partial charge in [-0.2, -0.15) is 5.10 Å². The number of hydrazone groups is 1. The minimum atomic E-state index is -0.809. The van der Waals surface area contributed by atoms with Crippen LogP contribution in [0.5, 0.6) is 0 Å². The molecule has 2 rings (SSSR count). The largest absolute Gasteiger partial charge is 0.447 e.